The van der Waals surface area contributed by atoms with E-state index in [0.29, 0.717) is 24.2 Å². The Morgan fingerprint density at radius 2 is 1.75 bits per heavy atom. The van der Waals surface area contributed by atoms with Gasteiger partial charge >= 0.3 is 5.69 Å². The number of imide groups is 1. The van der Waals surface area contributed by atoms with Crippen molar-refractivity contribution in [3.05, 3.63) is 88.4 Å². The summed E-state index contributed by atoms with van der Waals surface area (Å²) in [6.07, 6.45) is 13.4. The normalized spacial score (nSPS) is 22.2. The molecule has 2 saturated carbocycles. The van der Waals surface area contributed by atoms with E-state index in [9.17, 15) is 28.0 Å². The van der Waals surface area contributed by atoms with Gasteiger partial charge in [-0.25, -0.2) is 23.5 Å². The molecule has 16 nitrogen and oxygen atoms in total. The zero-order valence-electron chi connectivity index (χ0n) is 36.9. The van der Waals surface area contributed by atoms with Crippen LogP contribution in [0, 0.1) is 17.8 Å². The molecule has 4 atom stereocenters. The van der Waals surface area contributed by atoms with Gasteiger partial charge in [0, 0.05) is 38.3 Å². The van der Waals surface area contributed by atoms with Gasteiger partial charge in [-0.2, -0.15) is 5.10 Å². The van der Waals surface area contributed by atoms with Gasteiger partial charge in [-0.05, 0) is 150 Å². The molecule has 18 heteroatoms. The number of hydrogen-bond donors (Lipinski definition) is 4. The van der Waals surface area contributed by atoms with E-state index in [1.54, 1.807) is 20.9 Å². The molecular formula is C47H59F2N11O5. The van der Waals surface area contributed by atoms with Crippen molar-refractivity contribution in [2.75, 3.05) is 49.9 Å². The van der Waals surface area contributed by atoms with Crippen LogP contribution >= 0.6 is 0 Å². The van der Waals surface area contributed by atoms with Crippen molar-refractivity contribution in [2.45, 2.75) is 101 Å². The number of nitrogens with one attached hydrogen (secondary N) is 4. The minimum Gasteiger partial charge on any atom is -0.451 e. The summed E-state index contributed by atoms with van der Waals surface area (Å²) in [6.45, 7) is 5.85. The van der Waals surface area contributed by atoms with Crippen LogP contribution in [0.3, 0.4) is 0 Å². The first kappa shape index (κ1) is 44.5. The summed E-state index contributed by atoms with van der Waals surface area (Å²) in [5.74, 6) is 1.10. The Morgan fingerprint density at radius 3 is 2.52 bits per heavy atom. The highest BCUT2D eigenvalue weighted by molar-refractivity contribution is 6.03. The van der Waals surface area contributed by atoms with Gasteiger partial charge in [0.2, 0.25) is 11.8 Å². The lowest BCUT2D eigenvalue weighted by Gasteiger charge is -2.37. The average Bonchev–Trinajstić information content (AvgIpc) is 3.66. The highest BCUT2D eigenvalue weighted by atomic mass is 19.3. The Balaban J connectivity index is 0.767. The second-order valence-corrected chi connectivity index (χ2v) is 18.6. The molecule has 0 radical (unpaired) electrons. The van der Waals surface area contributed by atoms with Gasteiger partial charge in [0.25, 0.3) is 12.3 Å². The fourth-order valence-corrected chi connectivity index (χ4v) is 10.3. The zero-order chi connectivity index (χ0) is 45.0. The number of aromatic nitrogens is 6. The number of pyridine rings is 1. The molecule has 0 bridgehead atoms. The third-order valence-electron chi connectivity index (χ3n) is 14.1. The minimum absolute atomic E-state index is 0.00549. The summed E-state index contributed by atoms with van der Waals surface area (Å²) in [5, 5.41) is 16.7. The molecule has 4 aromatic heterocycles. The van der Waals surface area contributed by atoms with E-state index >= 15 is 0 Å². The van der Waals surface area contributed by atoms with Crippen molar-refractivity contribution in [3.63, 3.8) is 0 Å². The van der Waals surface area contributed by atoms with E-state index in [4.69, 9.17) is 4.42 Å². The first-order chi connectivity index (χ1) is 31.6. The topological polar surface area (TPSA) is 186 Å². The van der Waals surface area contributed by atoms with Crippen molar-refractivity contribution < 1.29 is 27.6 Å². The average molecular weight is 896 g/mol. The van der Waals surface area contributed by atoms with Gasteiger partial charge in [0.05, 0.1) is 22.8 Å². The van der Waals surface area contributed by atoms with Crippen LogP contribution in [0.1, 0.15) is 122 Å². The number of unbranched alkanes of at least 4 members (excludes halogenated alkanes) is 1. The van der Waals surface area contributed by atoms with Gasteiger partial charge < -0.3 is 25.3 Å². The fourth-order valence-electron chi connectivity index (χ4n) is 10.3. The Bertz CT molecular complexity index is 2520. The summed E-state index contributed by atoms with van der Waals surface area (Å²) < 4.78 is 38.4. The molecular weight excluding hydrogens is 837 g/mol. The number of fused-ring (bicyclic) bond motifs is 1. The monoisotopic (exact) mass is 895 g/mol. The number of halogens is 2. The van der Waals surface area contributed by atoms with E-state index in [0.717, 1.165) is 125 Å². The largest absolute Gasteiger partial charge is 0.451 e. The molecule has 1 aromatic carbocycles. The molecule has 6 heterocycles. The van der Waals surface area contributed by atoms with Crippen LogP contribution in [0.15, 0.2) is 64.6 Å². The smallest absolute Gasteiger partial charge is 0.329 e. The van der Waals surface area contributed by atoms with Crippen LogP contribution in [0.25, 0.3) is 11.0 Å². The summed E-state index contributed by atoms with van der Waals surface area (Å²) in [7, 11) is 1.75. The highest BCUT2D eigenvalue weighted by Gasteiger charge is 2.36. The van der Waals surface area contributed by atoms with Gasteiger partial charge in [-0.1, -0.05) is 12.1 Å². The number of carbonyl (C=O) groups excluding carboxylic acids is 3. The molecule has 346 valence electrons. The maximum absolute atomic E-state index is 14.3. The molecule has 5 aromatic rings. The van der Waals surface area contributed by atoms with E-state index in [1.807, 2.05) is 24.4 Å². The quantitative estimate of drug-likeness (QED) is 0.0567. The number of benzene rings is 1. The standard InChI is InChI=1S/C47H59F2N11O5/c1-57-43-32(6-4-7-38(43)60(47(57)64)39-12-13-41(61)55-46(39)63)5-2-3-18-58-19-15-30(16-20-58)23-50-24-31-10-11-37(34(21-31)33-14-17-51-40(22-33)52-25-29-8-9-29)59-26-35(42(56-59)44(48)49)54-45(62)36-27-65-28-53-36/h4,6-7,14,17,22,26-31,34,37,39,44,50H,2-3,5,8-13,15-16,18-21,23-25H2,1H3,(H,51,52)(H,54,62)(H,55,61,63). The Kier molecular flexibility index (Phi) is 13.5. The SMILES string of the molecule is Cn1c(=O)n(C2CCC(=O)NC2=O)c2cccc(CCCCN3CCC(CNCC4CCC(n5cc(NC(=O)c6cocn6)c(C(F)F)n5)C(c5ccnc(NCC6CC6)c5)C4)CC3)c21. The number of piperidine rings is 2. The lowest BCUT2D eigenvalue weighted by atomic mass is 9.74. The maximum Gasteiger partial charge on any atom is 0.329 e. The molecule has 65 heavy (non-hydrogen) atoms. The van der Waals surface area contributed by atoms with Gasteiger partial charge in [-0.3, -0.25) is 33.5 Å². The number of amides is 3. The number of alkyl halides is 2. The lowest BCUT2D eigenvalue weighted by molar-refractivity contribution is -0.135. The number of imidazole rings is 1. The molecule has 4 unspecified atom stereocenters. The molecule has 2 aliphatic carbocycles. The van der Waals surface area contributed by atoms with Crippen LogP contribution in [0.2, 0.25) is 0 Å². The number of oxazole rings is 1. The number of hydrogen-bond acceptors (Lipinski definition) is 11. The summed E-state index contributed by atoms with van der Waals surface area (Å²) >= 11 is 0. The third kappa shape index (κ3) is 10.2. The van der Waals surface area contributed by atoms with Crippen molar-refractivity contribution in [1.29, 1.82) is 0 Å². The molecule has 9 rings (SSSR count). The lowest BCUT2D eigenvalue weighted by Crippen LogP contribution is -2.44. The Hall–Kier alpha value is -5.75. The minimum atomic E-state index is -2.88. The van der Waals surface area contributed by atoms with E-state index < -0.39 is 30.0 Å². The predicted octanol–water partition coefficient (Wildman–Crippen LogP) is 6.36. The number of para-hydroxylation sites is 1. The maximum atomic E-state index is 14.3. The van der Waals surface area contributed by atoms with E-state index in [2.05, 4.69) is 53.4 Å². The Labute approximate surface area is 375 Å². The molecule has 4 fully saturated rings. The molecule has 0 spiro atoms. The first-order valence-corrected chi connectivity index (χ1v) is 23.3. The third-order valence-corrected chi connectivity index (χ3v) is 14.1. The number of rotatable bonds is 18. The number of aryl methyl sites for hydroxylation is 2. The van der Waals surface area contributed by atoms with E-state index in [1.165, 1.54) is 25.3 Å². The van der Waals surface area contributed by atoms with Gasteiger partial charge in [0.15, 0.2) is 17.8 Å². The number of likely N-dealkylation sites (tertiary alicyclic amines) is 1. The summed E-state index contributed by atoms with van der Waals surface area (Å²) in [6, 6.07) is 9.14. The number of anilines is 2. The highest BCUT2D eigenvalue weighted by Crippen LogP contribution is 2.45. The van der Waals surface area contributed by atoms with Gasteiger partial charge in [-0.15, -0.1) is 0 Å². The van der Waals surface area contributed by atoms with Crippen molar-refractivity contribution >= 4 is 40.3 Å². The van der Waals surface area contributed by atoms with Crippen LogP contribution in [0.5, 0.6) is 0 Å². The predicted molar refractivity (Wildman–Crippen MR) is 240 cm³/mol. The van der Waals surface area contributed by atoms with Crippen molar-refractivity contribution in [2.24, 2.45) is 24.8 Å². The molecule has 4 aliphatic rings. The van der Waals surface area contributed by atoms with Crippen LogP contribution in [-0.4, -0.2) is 90.8 Å². The molecule has 2 aliphatic heterocycles. The van der Waals surface area contributed by atoms with Crippen LogP contribution in [-0.2, 0) is 23.1 Å². The number of carbonyl (C=O) groups is 3. The molecule has 3 amide bonds. The van der Waals surface area contributed by atoms with E-state index in [-0.39, 0.29) is 41.4 Å². The van der Waals surface area contributed by atoms with Crippen molar-refractivity contribution in [3.8, 4) is 0 Å². The summed E-state index contributed by atoms with van der Waals surface area (Å²) in [5.41, 5.74) is 3.01. The Morgan fingerprint density at radius 1 is 0.954 bits per heavy atom. The second-order valence-electron chi connectivity index (χ2n) is 18.6. The first-order valence-electron chi connectivity index (χ1n) is 23.3. The number of nitrogens with zero attached hydrogens (tertiary/aromatic N) is 7. The summed E-state index contributed by atoms with van der Waals surface area (Å²) in [4.78, 5) is 61.5. The fraction of sp³-hybridized carbons (Fsp3) is 0.553. The molecule has 4 N–H and O–H groups in total. The van der Waals surface area contributed by atoms with Crippen molar-refractivity contribution in [1.82, 2.24) is 44.4 Å². The second kappa shape index (κ2) is 19.8. The zero-order valence-corrected chi connectivity index (χ0v) is 36.9. The van der Waals surface area contributed by atoms with Gasteiger partial charge in [0.1, 0.15) is 18.1 Å². The van der Waals surface area contributed by atoms with Crippen LogP contribution in [0.4, 0.5) is 20.3 Å². The molecule has 2 saturated heterocycles. The van der Waals surface area contributed by atoms with Crippen LogP contribution < -0.4 is 27.0 Å².